The van der Waals surface area contributed by atoms with Crippen LogP contribution in [0.3, 0.4) is 0 Å². The smallest absolute Gasteiger partial charge is 0.223 e. The molecule has 3 aromatic carbocycles. The number of hydrogen-bond acceptors (Lipinski definition) is 5. The molecular weight excluding hydrogens is 352 g/mol. The van der Waals surface area contributed by atoms with E-state index < -0.39 is 0 Å². The van der Waals surface area contributed by atoms with Crippen molar-refractivity contribution in [1.82, 2.24) is 0 Å². The number of azo groups is 1. The Bertz CT molecular complexity index is 949. The predicted octanol–water partition coefficient (Wildman–Crippen LogP) is 5.84. The molecule has 0 saturated carbocycles. The van der Waals surface area contributed by atoms with Gasteiger partial charge in [0.05, 0.1) is 18.5 Å². The SMILES string of the molecule is COc1ccc(Nc2ccc(N=Nc3ccc(N(C)C(C)=O)cc3)cc2)cc1. The normalized spacial score (nSPS) is 10.7. The quantitative estimate of drug-likeness (QED) is 0.551. The van der Waals surface area contributed by atoms with Gasteiger partial charge in [-0.1, -0.05) is 0 Å². The highest BCUT2D eigenvalue weighted by Gasteiger charge is 2.04. The molecule has 0 heterocycles. The fourth-order valence-corrected chi connectivity index (χ4v) is 2.49. The van der Waals surface area contributed by atoms with Crippen LogP contribution in [0.5, 0.6) is 5.75 Å². The van der Waals surface area contributed by atoms with Gasteiger partial charge in [0.2, 0.25) is 5.91 Å². The Kier molecular flexibility index (Phi) is 6.01. The Balaban J connectivity index is 1.62. The largest absolute Gasteiger partial charge is 0.497 e. The minimum atomic E-state index is -0.0160. The number of hydrogen-bond donors (Lipinski definition) is 1. The molecule has 3 rings (SSSR count). The summed E-state index contributed by atoms with van der Waals surface area (Å²) in [5.74, 6) is 0.806. The molecule has 0 aliphatic heterocycles. The molecule has 6 nitrogen and oxygen atoms in total. The summed E-state index contributed by atoms with van der Waals surface area (Å²) in [6.45, 7) is 1.53. The maximum Gasteiger partial charge on any atom is 0.223 e. The van der Waals surface area contributed by atoms with Gasteiger partial charge < -0.3 is 15.0 Å². The molecule has 0 unspecified atom stereocenters. The molecule has 28 heavy (non-hydrogen) atoms. The summed E-state index contributed by atoms with van der Waals surface area (Å²) in [6.07, 6.45) is 0. The van der Waals surface area contributed by atoms with Crippen LogP contribution in [0.2, 0.25) is 0 Å². The van der Waals surface area contributed by atoms with E-state index in [4.69, 9.17) is 4.74 Å². The van der Waals surface area contributed by atoms with Gasteiger partial charge >= 0.3 is 0 Å². The van der Waals surface area contributed by atoms with Crippen molar-refractivity contribution in [2.75, 3.05) is 24.4 Å². The first-order valence-corrected chi connectivity index (χ1v) is 8.82. The van der Waals surface area contributed by atoms with Crippen molar-refractivity contribution >= 4 is 34.3 Å². The molecule has 0 fully saturated rings. The molecule has 0 saturated heterocycles. The van der Waals surface area contributed by atoms with E-state index in [1.165, 1.54) is 6.92 Å². The van der Waals surface area contributed by atoms with E-state index in [1.807, 2.05) is 72.8 Å². The summed E-state index contributed by atoms with van der Waals surface area (Å²) in [7, 11) is 3.38. The zero-order chi connectivity index (χ0) is 19.9. The molecule has 1 amide bonds. The van der Waals surface area contributed by atoms with Crippen molar-refractivity contribution in [3.8, 4) is 5.75 Å². The number of carbonyl (C=O) groups is 1. The van der Waals surface area contributed by atoms with Crippen molar-refractivity contribution in [1.29, 1.82) is 0 Å². The first-order chi connectivity index (χ1) is 13.5. The third kappa shape index (κ3) is 4.94. The van der Waals surface area contributed by atoms with Crippen LogP contribution in [0.15, 0.2) is 83.0 Å². The van der Waals surface area contributed by atoms with E-state index in [1.54, 1.807) is 19.1 Å². The Morgan fingerprint density at radius 3 is 1.75 bits per heavy atom. The molecule has 142 valence electrons. The van der Waals surface area contributed by atoms with Gasteiger partial charge in [0.1, 0.15) is 5.75 Å². The van der Waals surface area contributed by atoms with Crippen LogP contribution in [-0.2, 0) is 4.79 Å². The molecule has 0 aliphatic rings. The molecule has 0 spiro atoms. The Labute approximate surface area is 164 Å². The van der Waals surface area contributed by atoms with Crippen molar-refractivity contribution in [3.05, 3.63) is 72.8 Å². The van der Waals surface area contributed by atoms with E-state index >= 15 is 0 Å². The number of rotatable bonds is 6. The number of nitrogens with zero attached hydrogens (tertiary/aromatic N) is 3. The van der Waals surface area contributed by atoms with Gasteiger partial charge in [0.25, 0.3) is 0 Å². The van der Waals surface area contributed by atoms with E-state index in [-0.39, 0.29) is 5.91 Å². The van der Waals surface area contributed by atoms with Gasteiger partial charge in [-0.2, -0.15) is 10.2 Å². The number of anilines is 3. The van der Waals surface area contributed by atoms with Crippen LogP contribution < -0.4 is 15.0 Å². The lowest BCUT2D eigenvalue weighted by Crippen LogP contribution is -2.22. The Morgan fingerprint density at radius 1 is 0.821 bits per heavy atom. The van der Waals surface area contributed by atoms with Crippen LogP contribution >= 0.6 is 0 Å². The topological polar surface area (TPSA) is 66.3 Å². The number of carbonyl (C=O) groups excluding carboxylic acids is 1. The number of methoxy groups -OCH3 is 1. The average molecular weight is 374 g/mol. The maximum atomic E-state index is 11.4. The number of amides is 1. The number of benzene rings is 3. The predicted molar refractivity (Wildman–Crippen MR) is 112 cm³/mol. The van der Waals surface area contributed by atoms with Gasteiger partial charge in [-0.05, 0) is 72.8 Å². The lowest BCUT2D eigenvalue weighted by atomic mass is 10.2. The van der Waals surface area contributed by atoms with E-state index in [2.05, 4.69) is 15.5 Å². The molecule has 1 N–H and O–H groups in total. The van der Waals surface area contributed by atoms with E-state index in [9.17, 15) is 4.79 Å². The molecule has 0 aliphatic carbocycles. The second-order valence-electron chi connectivity index (χ2n) is 6.19. The van der Waals surface area contributed by atoms with Gasteiger partial charge in [-0.15, -0.1) is 0 Å². The second-order valence-corrected chi connectivity index (χ2v) is 6.19. The summed E-state index contributed by atoms with van der Waals surface area (Å²) in [5, 5.41) is 11.8. The highest BCUT2D eigenvalue weighted by atomic mass is 16.5. The van der Waals surface area contributed by atoms with Crippen molar-refractivity contribution in [2.45, 2.75) is 6.92 Å². The van der Waals surface area contributed by atoms with Crippen LogP contribution in [0.25, 0.3) is 0 Å². The molecule has 0 bridgehead atoms. The fraction of sp³-hybridized carbons (Fsp3) is 0.136. The van der Waals surface area contributed by atoms with Gasteiger partial charge in [-0.3, -0.25) is 4.79 Å². The van der Waals surface area contributed by atoms with E-state index in [0.717, 1.165) is 34.2 Å². The minimum absolute atomic E-state index is 0.0160. The minimum Gasteiger partial charge on any atom is -0.497 e. The third-order valence-corrected chi connectivity index (χ3v) is 4.24. The molecule has 6 heteroatoms. The number of ether oxygens (including phenoxy) is 1. The standard InChI is InChI=1S/C22H22N4O2/c1-16(27)26(2)21-12-8-20(9-13-21)25-24-19-6-4-17(5-7-19)23-18-10-14-22(28-3)15-11-18/h4-15,23H,1-3H3. The lowest BCUT2D eigenvalue weighted by Gasteiger charge is -2.14. The van der Waals surface area contributed by atoms with Crippen molar-refractivity contribution in [2.24, 2.45) is 10.2 Å². The Morgan fingerprint density at radius 2 is 1.29 bits per heavy atom. The maximum absolute atomic E-state index is 11.4. The highest BCUT2D eigenvalue weighted by Crippen LogP contribution is 2.24. The van der Waals surface area contributed by atoms with Gasteiger partial charge in [0.15, 0.2) is 0 Å². The number of nitrogens with one attached hydrogen (secondary N) is 1. The molecule has 0 atom stereocenters. The molecule has 3 aromatic rings. The lowest BCUT2D eigenvalue weighted by molar-refractivity contribution is -0.116. The summed E-state index contributed by atoms with van der Waals surface area (Å²) in [5.41, 5.74) is 4.23. The van der Waals surface area contributed by atoms with Crippen LogP contribution in [0.4, 0.5) is 28.4 Å². The third-order valence-electron chi connectivity index (χ3n) is 4.24. The van der Waals surface area contributed by atoms with Gasteiger partial charge in [0, 0.05) is 31.0 Å². The van der Waals surface area contributed by atoms with Crippen LogP contribution in [-0.4, -0.2) is 20.1 Å². The average Bonchev–Trinajstić information content (AvgIpc) is 2.73. The van der Waals surface area contributed by atoms with Gasteiger partial charge in [-0.25, -0.2) is 0 Å². The Hall–Kier alpha value is -3.67. The highest BCUT2D eigenvalue weighted by molar-refractivity contribution is 5.90. The first-order valence-electron chi connectivity index (χ1n) is 8.82. The summed E-state index contributed by atoms with van der Waals surface area (Å²) >= 11 is 0. The van der Waals surface area contributed by atoms with E-state index in [0.29, 0.717) is 0 Å². The second kappa shape index (κ2) is 8.81. The first kappa shape index (κ1) is 19.1. The zero-order valence-corrected chi connectivity index (χ0v) is 16.1. The van der Waals surface area contributed by atoms with Crippen LogP contribution in [0, 0.1) is 0 Å². The van der Waals surface area contributed by atoms with Crippen molar-refractivity contribution < 1.29 is 9.53 Å². The summed E-state index contributed by atoms with van der Waals surface area (Å²) < 4.78 is 5.16. The molecule has 0 aromatic heterocycles. The fourth-order valence-electron chi connectivity index (χ4n) is 2.49. The summed E-state index contributed by atoms with van der Waals surface area (Å²) in [6, 6.07) is 22.8. The molecular formula is C22H22N4O2. The molecule has 0 radical (unpaired) electrons. The summed E-state index contributed by atoms with van der Waals surface area (Å²) in [4.78, 5) is 13.0. The zero-order valence-electron chi connectivity index (χ0n) is 16.1. The van der Waals surface area contributed by atoms with Crippen molar-refractivity contribution in [3.63, 3.8) is 0 Å². The monoisotopic (exact) mass is 374 g/mol. The van der Waals surface area contributed by atoms with Crippen LogP contribution in [0.1, 0.15) is 6.92 Å².